The van der Waals surface area contributed by atoms with E-state index in [9.17, 15) is 4.79 Å². The topological polar surface area (TPSA) is 62.1 Å². The summed E-state index contributed by atoms with van der Waals surface area (Å²) in [5.41, 5.74) is 5.25. The van der Waals surface area contributed by atoms with Gasteiger partial charge in [-0.2, -0.15) is 5.26 Å². The number of carbonyl (C=O) groups excluding carboxylic acids is 1. The number of aryl methyl sites for hydroxylation is 1. The first-order valence-corrected chi connectivity index (χ1v) is 11.0. The molecule has 1 rings (SSSR count). The van der Waals surface area contributed by atoms with Crippen molar-refractivity contribution < 1.29 is 9.53 Å². The van der Waals surface area contributed by atoms with Gasteiger partial charge in [0.05, 0.1) is 17.3 Å². The van der Waals surface area contributed by atoms with Crippen molar-refractivity contribution in [3.05, 3.63) is 28.8 Å². The standard InChI is InChI=1S/C18H24N2O2Si/c1-13-10-14(12-19)11-15(8-9-23(5,6)7)16(13)20-17(21)22-18(2,3)4/h10-11H,1-7H3,(H,20,21). The maximum absolute atomic E-state index is 12.1. The summed E-state index contributed by atoms with van der Waals surface area (Å²) in [6, 6.07) is 5.55. The summed E-state index contributed by atoms with van der Waals surface area (Å²) in [7, 11) is -1.57. The van der Waals surface area contributed by atoms with E-state index >= 15 is 0 Å². The van der Waals surface area contributed by atoms with Gasteiger partial charge in [-0.15, -0.1) is 5.54 Å². The average molecular weight is 328 g/mol. The van der Waals surface area contributed by atoms with Gasteiger partial charge in [-0.25, -0.2) is 4.79 Å². The Hall–Kier alpha value is -2.24. The Morgan fingerprint density at radius 2 is 1.87 bits per heavy atom. The number of hydrogen-bond acceptors (Lipinski definition) is 3. The Kier molecular flexibility index (Phi) is 5.64. The molecule has 0 aliphatic carbocycles. The van der Waals surface area contributed by atoms with Crippen molar-refractivity contribution in [1.29, 1.82) is 5.26 Å². The zero-order valence-electron chi connectivity index (χ0n) is 14.9. The van der Waals surface area contributed by atoms with Gasteiger partial charge in [-0.3, -0.25) is 5.32 Å². The van der Waals surface area contributed by atoms with Crippen LogP contribution < -0.4 is 5.32 Å². The molecule has 0 aliphatic heterocycles. The molecule has 23 heavy (non-hydrogen) atoms. The van der Waals surface area contributed by atoms with Crippen LogP contribution in [0.1, 0.15) is 37.5 Å². The van der Waals surface area contributed by atoms with Gasteiger partial charge in [0.1, 0.15) is 13.7 Å². The van der Waals surface area contributed by atoms with Gasteiger partial charge in [0, 0.05) is 5.56 Å². The lowest BCUT2D eigenvalue weighted by Gasteiger charge is -2.20. The van der Waals surface area contributed by atoms with Crippen molar-refractivity contribution >= 4 is 19.9 Å². The molecule has 5 heteroatoms. The monoisotopic (exact) mass is 328 g/mol. The summed E-state index contributed by atoms with van der Waals surface area (Å²) < 4.78 is 5.30. The summed E-state index contributed by atoms with van der Waals surface area (Å²) >= 11 is 0. The van der Waals surface area contributed by atoms with Crippen molar-refractivity contribution in [2.75, 3.05) is 5.32 Å². The number of rotatable bonds is 1. The Bertz CT molecular complexity index is 708. The van der Waals surface area contributed by atoms with Gasteiger partial charge in [-0.1, -0.05) is 25.6 Å². The van der Waals surface area contributed by atoms with E-state index in [0.29, 0.717) is 16.8 Å². The molecule has 1 aromatic rings. The third kappa shape index (κ3) is 6.59. The minimum Gasteiger partial charge on any atom is -0.444 e. The molecule has 1 aromatic carbocycles. The van der Waals surface area contributed by atoms with Crippen molar-refractivity contribution in [3.8, 4) is 17.5 Å². The minimum absolute atomic E-state index is 0.525. The smallest absolute Gasteiger partial charge is 0.412 e. The lowest BCUT2D eigenvalue weighted by atomic mass is 10.0. The van der Waals surface area contributed by atoms with Crippen LogP contribution in [0.25, 0.3) is 0 Å². The fourth-order valence-corrected chi connectivity index (χ4v) is 2.29. The van der Waals surface area contributed by atoms with Crippen LogP contribution in [0.15, 0.2) is 12.1 Å². The maximum atomic E-state index is 12.1. The predicted molar refractivity (Wildman–Crippen MR) is 96.0 cm³/mol. The van der Waals surface area contributed by atoms with Crippen LogP contribution in [-0.4, -0.2) is 19.8 Å². The van der Waals surface area contributed by atoms with Crippen molar-refractivity contribution in [2.24, 2.45) is 0 Å². The average Bonchev–Trinajstić information content (AvgIpc) is 2.36. The van der Waals surface area contributed by atoms with Gasteiger partial charge in [0.2, 0.25) is 0 Å². The molecule has 0 atom stereocenters. The number of hydrogen-bond donors (Lipinski definition) is 1. The number of nitrogens with zero attached hydrogens (tertiary/aromatic N) is 1. The fraction of sp³-hybridized carbons (Fsp3) is 0.444. The molecule has 0 bridgehead atoms. The fourth-order valence-electron chi connectivity index (χ4n) is 1.78. The SMILES string of the molecule is Cc1cc(C#N)cc(C#C[Si](C)(C)C)c1NC(=O)OC(C)(C)C. The van der Waals surface area contributed by atoms with Crippen LogP contribution in [-0.2, 0) is 4.74 Å². The van der Waals surface area contributed by atoms with Crippen molar-refractivity contribution in [2.45, 2.75) is 52.9 Å². The van der Waals surface area contributed by atoms with Crippen LogP contribution >= 0.6 is 0 Å². The van der Waals surface area contributed by atoms with E-state index in [1.54, 1.807) is 12.1 Å². The molecule has 0 spiro atoms. The summed E-state index contributed by atoms with van der Waals surface area (Å²) in [5.74, 6) is 3.13. The summed E-state index contributed by atoms with van der Waals surface area (Å²) in [5, 5.41) is 11.9. The van der Waals surface area contributed by atoms with Crippen LogP contribution in [0.5, 0.6) is 0 Å². The number of nitriles is 1. The molecule has 0 saturated carbocycles. The second-order valence-electron chi connectivity index (χ2n) is 7.45. The highest BCUT2D eigenvalue weighted by Crippen LogP contribution is 2.23. The van der Waals surface area contributed by atoms with Crippen molar-refractivity contribution in [1.82, 2.24) is 0 Å². The Balaban J connectivity index is 3.27. The van der Waals surface area contributed by atoms with E-state index < -0.39 is 19.8 Å². The molecule has 122 valence electrons. The van der Waals surface area contributed by atoms with E-state index in [1.165, 1.54) is 0 Å². The summed E-state index contributed by atoms with van der Waals surface area (Å²) in [6.07, 6.45) is -0.527. The second-order valence-corrected chi connectivity index (χ2v) is 12.2. The second kappa shape index (κ2) is 6.89. The van der Waals surface area contributed by atoms with E-state index in [2.05, 4.69) is 42.5 Å². The maximum Gasteiger partial charge on any atom is 0.412 e. The molecule has 1 N–H and O–H groups in total. The first kappa shape index (κ1) is 18.8. The molecule has 0 unspecified atom stereocenters. The summed E-state index contributed by atoms with van der Waals surface area (Å²) in [6.45, 7) is 13.7. The normalized spacial score (nSPS) is 11.0. The zero-order chi connectivity index (χ0) is 17.8. The van der Waals surface area contributed by atoms with Crippen molar-refractivity contribution in [3.63, 3.8) is 0 Å². The van der Waals surface area contributed by atoms with E-state index in [4.69, 9.17) is 10.00 Å². The first-order chi connectivity index (χ1) is 10.4. The van der Waals surface area contributed by atoms with Gasteiger partial charge >= 0.3 is 6.09 Å². The lowest BCUT2D eigenvalue weighted by molar-refractivity contribution is 0.0635. The van der Waals surface area contributed by atoms with Crippen LogP contribution in [0.3, 0.4) is 0 Å². The third-order valence-corrected chi connectivity index (χ3v) is 3.54. The highest BCUT2D eigenvalue weighted by atomic mass is 28.3. The van der Waals surface area contributed by atoms with Crippen LogP contribution in [0.2, 0.25) is 19.6 Å². The lowest BCUT2D eigenvalue weighted by Crippen LogP contribution is -2.27. The molecule has 0 aromatic heterocycles. The third-order valence-electron chi connectivity index (χ3n) is 2.66. The summed E-state index contributed by atoms with van der Waals surface area (Å²) in [4.78, 5) is 12.1. The minimum atomic E-state index is -1.57. The van der Waals surface area contributed by atoms with Gasteiger partial charge in [0.15, 0.2) is 0 Å². The number of carbonyl (C=O) groups is 1. The Labute approximate surface area is 139 Å². The van der Waals surface area contributed by atoms with Crippen LogP contribution in [0.4, 0.5) is 10.5 Å². The van der Waals surface area contributed by atoms with E-state index in [-0.39, 0.29) is 0 Å². The number of anilines is 1. The number of amides is 1. The molecule has 0 fully saturated rings. The molecule has 4 nitrogen and oxygen atoms in total. The highest BCUT2D eigenvalue weighted by molar-refractivity contribution is 6.83. The van der Waals surface area contributed by atoms with Gasteiger partial charge in [0.25, 0.3) is 0 Å². The van der Waals surface area contributed by atoms with E-state index in [0.717, 1.165) is 5.56 Å². The quantitative estimate of drug-likeness (QED) is 0.612. The molecular formula is C18H24N2O2Si. The Morgan fingerprint density at radius 3 is 2.35 bits per heavy atom. The highest BCUT2D eigenvalue weighted by Gasteiger charge is 2.18. The molecule has 0 aliphatic rings. The molecular weight excluding hydrogens is 304 g/mol. The van der Waals surface area contributed by atoms with E-state index in [1.807, 2.05) is 27.7 Å². The van der Waals surface area contributed by atoms with Crippen LogP contribution in [0, 0.1) is 29.7 Å². The number of nitrogens with one attached hydrogen (secondary N) is 1. The Morgan fingerprint density at radius 1 is 1.26 bits per heavy atom. The molecule has 0 saturated heterocycles. The van der Waals surface area contributed by atoms with Gasteiger partial charge in [-0.05, 0) is 45.4 Å². The van der Waals surface area contributed by atoms with Gasteiger partial charge < -0.3 is 4.74 Å². The largest absolute Gasteiger partial charge is 0.444 e. The first-order valence-electron chi connectivity index (χ1n) is 7.49. The number of benzene rings is 1. The molecule has 0 heterocycles. The zero-order valence-corrected chi connectivity index (χ0v) is 15.9. The predicted octanol–water partition coefficient (Wildman–Crippen LogP) is 4.44. The molecule has 1 amide bonds. The number of ether oxygens (including phenoxy) is 1. The molecule has 0 radical (unpaired) electrons.